The zero-order valence-corrected chi connectivity index (χ0v) is 37.3. The van der Waals surface area contributed by atoms with E-state index in [0.29, 0.717) is 46.7 Å². The van der Waals surface area contributed by atoms with Crippen molar-refractivity contribution in [1.29, 1.82) is 0 Å². The van der Waals surface area contributed by atoms with E-state index < -0.39 is 18.8 Å². The maximum Gasteiger partial charge on any atom is 0.309 e. The van der Waals surface area contributed by atoms with E-state index in [1.54, 1.807) is 27.2 Å². The van der Waals surface area contributed by atoms with Gasteiger partial charge in [-0.3, -0.25) is 18.9 Å². The van der Waals surface area contributed by atoms with E-state index in [2.05, 4.69) is 41.5 Å². The Kier molecular flexibility index (Phi) is 10.6. The summed E-state index contributed by atoms with van der Waals surface area (Å²) in [7, 11) is -2.48. The normalized spacial score (nSPS) is 44.6. The van der Waals surface area contributed by atoms with Crippen LogP contribution in [0, 0.1) is 73.4 Å². The van der Waals surface area contributed by atoms with Crippen LogP contribution in [0.2, 0.25) is 0 Å². The summed E-state index contributed by atoms with van der Waals surface area (Å²) in [5.74, 6) is 2.59. The summed E-state index contributed by atoms with van der Waals surface area (Å²) in [6.07, 6.45) is 19.5. The summed E-state index contributed by atoms with van der Waals surface area (Å²) < 4.78 is 24.4. The molecule has 55 heavy (non-hydrogen) atoms. The van der Waals surface area contributed by atoms with Crippen molar-refractivity contribution in [1.82, 2.24) is 0 Å². The van der Waals surface area contributed by atoms with Crippen LogP contribution in [0.25, 0.3) is 0 Å². The molecule has 0 aromatic heterocycles. The van der Waals surface area contributed by atoms with Crippen LogP contribution >= 0.6 is 7.37 Å². The quantitative estimate of drug-likeness (QED) is 0.164. The van der Waals surface area contributed by atoms with E-state index in [4.69, 9.17) is 9.26 Å². The van der Waals surface area contributed by atoms with Gasteiger partial charge in [0.25, 0.3) is 0 Å². The molecule has 0 aliphatic heterocycles. The second-order valence-corrected chi connectivity index (χ2v) is 26.0. The summed E-state index contributed by atoms with van der Waals surface area (Å²) in [6, 6.07) is 0. The molecule has 0 heterocycles. The molecule has 0 saturated heterocycles. The lowest BCUT2D eigenvalue weighted by atomic mass is 9.32. The molecule has 1 N–H and O–H groups in total. The molecule has 0 radical (unpaired) electrons. The molecule has 7 aliphatic rings. The second kappa shape index (κ2) is 13.9. The zero-order chi connectivity index (χ0) is 40.2. The SMILES string of the molecule is CC(C)(CC(=O)O[C@H]1CC[C@]2(C)C3CC[C@@H]4[C@H]5[C@H](C6(C)CC6)CC[C@]5(C(=O)CCC5CCC(OP(C)(C)=O)CC5)CC[C@@]4(C)[C@]3(C)CC[C@H]2C1(C)C)C(=O)O. The maximum atomic E-state index is 14.9. The van der Waals surface area contributed by atoms with E-state index in [1.165, 1.54) is 38.5 Å². The van der Waals surface area contributed by atoms with Crippen LogP contribution in [0.3, 0.4) is 0 Å². The van der Waals surface area contributed by atoms with Gasteiger partial charge in [0.15, 0.2) is 7.37 Å². The Morgan fingerprint density at radius 1 is 0.727 bits per heavy atom. The van der Waals surface area contributed by atoms with Gasteiger partial charge in [0.2, 0.25) is 0 Å². The van der Waals surface area contributed by atoms with Crippen LogP contribution in [0.1, 0.15) is 177 Å². The van der Waals surface area contributed by atoms with Crippen molar-refractivity contribution in [2.45, 2.75) is 190 Å². The fraction of sp³-hybridized carbons (Fsp3) is 0.936. The van der Waals surface area contributed by atoms with Crippen molar-refractivity contribution in [2.75, 3.05) is 13.3 Å². The highest BCUT2D eigenvalue weighted by Crippen LogP contribution is 2.79. The molecule has 8 heteroatoms. The average Bonchev–Trinajstić information content (AvgIpc) is 3.69. The second-order valence-electron chi connectivity index (χ2n) is 23.3. The molecule has 10 atom stereocenters. The Morgan fingerprint density at radius 2 is 1.40 bits per heavy atom. The number of hydrogen-bond donors (Lipinski definition) is 1. The highest BCUT2D eigenvalue weighted by molar-refractivity contribution is 7.57. The summed E-state index contributed by atoms with van der Waals surface area (Å²) in [6.45, 7) is 21.8. The highest BCUT2D eigenvalue weighted by atomic mass is 31.2. The fourth-order valence-electron chi connectivity index (χ4n) is 15.7. The molecular weight excluding hydrogens is 707 g/mol. The fourth-order valence-corrected chi connectivity index (χ4v) is 16.6. The monoisotopic (exact) mass is 785 g/mol. The topological polar surface area (TPSA) is 107 Å². The Balaban J connectivity index is 1.09. The lowest BCUT2D eigenvalue weighted by molar-refractivity contribution is -0.250. The van der Waals surface area contributed by atoms with Gasteiger partial charge in [-0.05, 0) is 180 Å². The van der Waals surface area contributed by atoms with Crippen LogP contribution in [-0.2, 0) is 28.2 Å². The lowest BCUT2D eigenvalue weighted by Gasteiger charge is -2.73. The van der Waals surface area contributed by atoms with Crippen molar-refractivity contribution in [3.05, 3.63) is 0 Å². The van der Waals surface area contributed by atoms with Gasteiger partial charge in [0, 0.05) is 30.6 Å². The number of hydrogen-bond acceptors (Lipinski definition) is 6. The highest BCUT2D eigenvalue weighted by Gasteiger charge is 2.73. The first-order valence-corrected chi connectivity index (χ1v) is 25.1. The van der Waals surface area contributed by atoms with E-state index >= 15 is 0 Å². The number of rotatable bonds is 11. The first kappa shape index (κ1) is 41.9. The summed E-state index contributed by atoms with van der Waals surface area (Å²) in [4.78, 5) is 39.9. The Morgan fingerprint density at radius 3 is 2.02 bits per heavy atom. The van der Waals surface area contributed by atoms with Gasteiger partial charge >= 0.3 is 11.9 Å². The third-order valence-electron chi connectivity index (χ3n) is 19.3. The van der Waals surface area contributed by atoms with E-state index in [9.17, 15) is 24.1 Å². The van der Waals surface area contributed by atoms with E-state index in [-0.39, 0.29) is 51.7 Å². The molecule has 0 aromatic carbocycles. The van der Waals surface area contributed by atoms with Gasteiger partial charge in [0.05, 0.1) is 17.9 Å². The molecule has 0 amide bonds. The van der Waals surface area contributed by atoms with Gasteiger partial charge in [-0.25, -0.2) is 0 Å². The minimum absolute atomic E-state index is 0.109. The van der Waals surface area contributed by atoms with Crippen molar-refractivity contribution in [3.8, 4) is 0 Å². The molecule has 7 nitrogen and oxygen atoms in total. The molecule has 312 valence electrons. The van der Waals surface area contributed by atoms with Crippen molar-refractivity contribution in [2.24, 2.45) is 73.4 Å². The first-order chi connectivity index (χ1) is 25.4. The molecule has 1 unspecified atom stereocenters. The van der Waals surface area contributed by atoms with E-state index in [1.807, 2.05) is 0 Å². The number of carboxylic acids is 1. The summed E-state index contributed by atoms with van der Waals surface area (Å²) in [5.41, 5.74) is -0.552. The van der Waals surface area contributed by atoms with Crippen molar-refractivity contribution in [3.63, 3.8) is 0 Å². The van der Waals surface area contributed by atoms with Crippen LogP contribution in [0.15, 0.2) is 0 Å². The smallest absolute Gasteiger partial charge is 0.309 e. The minimum Gasteiger partial charge on any atom is -0.481 e. The molecule has 7 fully saturated rings. The first-order valence-electron chi connectivity index (χ1n) is 22.6. The summed E-state index contributed by atoms with van der Waals surface area (Å²) >= 11 is 0. The predicted octanol–water partition coefficient (Wildman–Crippen LogP) is 11.7. The zero-order valence-electron chi connectivity index (χ0n) is 36.4. The minimum atomic E-state index is -2.48. The number of carbonyl (C=O) groups excluding carboxylic acids is 2. The van der Waals surface area contributed by atoms with E-state index in [0.717, 1.165) is 77.0 Å². The van der Waals surface area contributed by atoms with Gasteiger partial charge in [-0.1, -0.05) is 41.5 Å². The molecule has 0 spiro atoms. The molecule has 0 bridgehead atoms. The van der Waals surface area contributed by atoms with Crippen LogP contribution in [0.4, 0.5) is 0 Å². The molecule has 7 aliphatic carbocycles. The maximum absolute atomic E-state index is 14.9. The summed E-state index contributed by atoms with van der Waals surface area (Å²) in [5, 5.41) is 9.65. The van der Waals surface area contributed by atoms with Crippen molar-refractivity contribution < 1.29 is 33.3 Å². The number of Topliss-reactive ketones (excluding diaryl/α,β-unsaturated/α-hetero) is 1. The average molecular weight is 785 g/mol. The van der Waals surface area contributed by atoms with Crippen LogP contribution in [-0.4, -0.2) is 48.4 Å². The molecular formula is C47H77O7P. The number of esters is 1. The lowest BCUT2D eigenvalue weighted by Crippen LogP contribution is -2.67. The van der Waals surface area contributed by atoms with Gasteiger partial charge in [-0.15, -0.1) is 0 Å². The Labute approximate surface area is 333 Å². The number of carbonyl (C=O) groups is 3. The molecule has 0 aromatic rings. The Hall–Kier alpha value is -1.20. The van der Waals surface area contributed by atoms with Crippen molar-refractivity contribution >= 4 is 25.1 Å². The number of aliphatic carboxylic acids is 1. The number of ketones is 1. The van der Waals surface area contributed by atoms with Gasteiger partial charge < -0.3 is 14.4 Å². The third-order valence-corrected chi connectivity index (χ3v) is 20.1. The number of ether oxygens (including phenoxy) is 1. The van der Waals surface area contributed by atoms with Crippen LogP contribution in [0.5, 0.6) is 0 Å². The predicted molar refractivity (Wildman–Crippen MR) is 218 cm³/mol. The number of fused-ring (bicyclic) bond motifs is 7. The van der Waals surface area contributed by atoms with Crippen LogP contribution < -0.4 is 0 Å². The van der Waals surface area contributed by atoms with Gasteiger partial charge in [0.1, 0.15) is 11.9 Å². The molecule has 7 saturated carbocycles. The van der Waals surface area contributed by atoms with Gasteiger partial charge in [-0.2, -0.15) is 0 Å². The Bertz CT molecular complexity index is 1570. The molecule has 7 rings (SSSR count). The third kappa shape index (κ3) is 6.97. The standard InChI is InChI=1S/C47H77O7P/c1-41(2,40(50)51)29-38(49)53-37-21-22-44(6)34(42(37,3)4)20-23-46(8)35(44)17-16-33-39-32(43(5)25-26-43)19-24-47(39,28-27-45(33,46)7)36(48)18-13-30-11-14-31(15-12-30)54-55(9,10)52/h30-35,37,39H,11-29H2,1-10H3,(H,50,51)/t30?,31?,32-,33-,34+,35?,37+,39-,44+,45-,46-,47-/m1/s1. The largest absolute Gasteiger partial charge is 0.481 e. The number of carboxylic acid groups (broad SMARTS) is 1.